The van der Waals surface area contributed by atoms with E-state index in [1.54, 1.807) is 21.3 Å². The first-order valence-electron chi connectivity index (χ1n) is 6.24. The Morgan fingerprint density at radius 2 is 1.76 bits per heavy atom. The van der Waals surface area contributed by atoms with Crippen LogP contribution in [0.15, 0.2) is 0 Å². The molecule has 1 radical (unpaired) electrons. The zero-order valence-electron chi connectivity index (χ0n) is 11.9. The lowest BCUT2D eigenvalue weighted by atomic mass is 10.4. The van der Waals surface area contributed by atoms with Crippen molar-refractivity contribution in [2.45, 2.75) is 43.6 Å². The maximum Gasteiger partial charge on any atom is 0.500 e. The molecule has 101 valence electrons. The van der Waals surface area contributed by atoms with E-state index < -0.39 is 17.6 Å². The van der Waals surface area contributed by atoms with Crippen LogP contribution >= 0.6 is 0 Å². The van der Waals surface area contributed by atoms with E-state index in [4.69, 9.17) is 13.3 Å². The largest absolute Gasteiger partial charge is 0.500 e. The standard InChI is InChI=1S/C11H26NO3Si2/c1-7-10(17(13-4,14-5)15-6)16-9-8-12-11(16,2)3/h10,12H,7-9H2,1-6H3. The van der Waals surface area contributed by atoms with Crippen molar-refractivity contribution in [1.29, 1.82) is 0 Å². The smallest absolute Gasteiger partial charge is 0.377 e. The fourth-order valence-electron chi connectivity index (χ4n) is 2.93. The molecule has 0 aromatic carbocycles. The van der Waals surface area contributed by atoms with Crippen LogP contribution in [0.5, 0.6) is 0 Å². The predicted octanol–water partition coefficient (Wildman–Crippen LogP) is 1.60. The molecule has 1 unspecified atom stereocenters. The highest BCUT2D eigenvalue weighted by atomic mass is 28.4. The number of hydrogen-bond acceptors (Lipinski definition) is 4. The quantitative estimate of drug-likeness (QED) is 0.748. The Balaban J connectivity index is 2.97. The van der Waals surface area contributed by atoms with Gasteiger partial charge in [-0.2, -0.15) is 0 Å². The van der Waals surface area contributed by atoms with Gasteiger partial charge in [-0.3, -0.25) is 0 Å². The molecule has 17 heavy (non-hydrogen) atoms. The molecule has 1 fully saturated rings. The molecule has 0 bridgehead atoms. The molecular formula is C11H26NO3Si2. The van der Waals surface area contributed by atoms with E-state index >= 15 is 0 Å². The second-order valence-corrected chi connectivity index (χ2v) is 12.2. The summed E-state index contributed by atoms with van der Waals surface area (Å²) in [4.78, 5) is 0. The highest BCUT2D eigenvalue weighted by molar-refractivity contribution is 6.83. The second kappa shape index (κ2) is 5.94. The maximum atomic E-state index is 5.69. The lowest BCUT2D eigenvalue weighted by Crippen LogP contribution is -2.58. The van der Waals surface area contributed by atoms with Gasteiger partial charge in [-0.15, -0.1) is 0 Å². The molecule has 6 heteroatoms. The SMILES string of the molecule is CCC([Si]1CCNC1(C)C)[Si](OC)(OC)OC. The van der Waals surface area contributed by atoms with Gasteiger partial charge in [0.2, 0.25) is 0 Å². The third kappa shape index (κ3) is 2.82. The minimum Gasteiger partial charge on any atom is -0.377 e. The Morgan fingerprint density at radius 3 is 2.06 bits per heavy atom. The first-order valence-corrected chi connectivity index (χ1v) is 9.82. The molecular weight excluding hydrogens is 250 g/mol. The van der Waals surface area contributed by atoms with Gasteiger partial charge < -0.3 is 18.6 Å². The molecule has 1 aliphatic heterocycles. The average molecular weight is 277 g/mol. The van der Waals surface area contributed by atoms with Crippen LogP contribution in [0.25, 0.3) is 0 Å². The Kier molecular flexibility index (Phi) is 5.36. The lowest BCUT2D eigenvalue weighted by Gasteiger charge is -2.39. The molecule has 0 aromatic rings. The van der Waals surface area contributed by atoms with Gasteiger partial charge in [0.05, 0.1) is 8.80 Å². The molecule has 0 spiro atoms. The fourth-order valence-corrected chi connectivity index (χ4v) is 12.2. The van der Waals surface area contributed by atoms with Crippen molar-refractivity contribution in [3.8, 4) is 0 Å². The van der Waals surface area contributed by atoms with Gasteiger partial charge in [-0.25, -0.2) is 0 Å². The van der Waals surface area contributed by atoms with Crippen molar-refractivity contribution < 1.29 is 13.3 Å². The number of nitrogens with one attached hydrogen (secondary N) is 1. The summed E-state index contributed by atoms with van der Waals surface area (Å²) in [7, 11) is 2.08. The first kappa shape index (κ1) is 15.3. The van der Waals surface area contributed by atoms with E-state index in [0.717, 1.165) is 13.0 Å². The first-order chi connectivity index (χ1) is 7.97. The zero-order chi connectivity index (χ0) is 13.1. The zero-order valence-corrected chi connectivity index (χ0v) is 13.9. The highest BCUT2D eigenvalue weighted by Gasteiger charge is 2.55. The molecule has 0 saturated carbocycles. The van der Waals surface area contributed by atoms with Crippen molar-refractivity contribution in [3.05, 3.63) is 0 Å². The van der Waals surface area contributed by atoms with E-state index in [2.05, 4.69) is 26.1 Å². The lowest BCUT2D eigenvalue weighted by molar-refractivity contribution is 0.118. The van der Waals surface area contributed by atoms with Crippen LogP contribution in [0.1, 0.15) is 27.2 Å². The minimum atomic E-state index is -2.50. The monoisotopic (exact) mass is 276 g/mol. The van der Waals surface area contributed by atoms with Crippen LogP contribution in [0, 0.1) is 0 Å². The summed E-state index contributed by atoms with van der Waals surface area (Å²) in [5.74, 6) is 0. The number of rotatable bonds is 6. The van der Waals surface area contributed by atoms with Crippen molar-refractivity contribution in [3.63, 3.8) is 0 Å². The molecule has 1 heterocycles. The van der Waals surface area contributed by atoms with Gasteiger partial charge in [0.15, 0.2) is 0 Å². The van der Waals surface area contributed by atoms with E-state index in [1.165, 1.54) is 6.04 Å². The van der Waals surface area contributed by atoms with Crippen molar-refractivity contribution >= 4 is 17.6 Å². The van der Waals surface area contributed by atoms with E-state index in [9.17, 15) is 0 Å². The molecule has 1 N–H and O–H groups in total. The van der Waals surface area contributed by atoms with Crippen LogP contribution in [0.3, 0.4) is 0 Å². The molecule has 0 amide bonds. The van der Waals surface area contributed by atoms with E-state index in [-0.39, 0.29) is 5.16 Å². The van der Waals surface area contributed by atoms with Crippen LogP contribution in [0.4, 0.5) is 0 Å². The summed E-state index contributed by atoms with van der Waals surface area (Å²) in [5.41, 5.74) is 0. The van der Waals surface area contributed by atoms with Crippen molar-refractivity contribution in [1.82, 2.24) is 5.32 Å². The predicted molar refractivity (Wildman–Crippen MR) is 73.5 cm³/mol. The second-order valence-electron chi connectivity index (χ2n) is 5.00. The molecule has 0 aromatic heterocycles. The summed E-state index contributed by atoms with van der Waals surface area (Å²) in [6.45, 7) is 7.93. The fraction of sp³-hybridized carbons (Fsp3) is 1.00. The average Bonchev–Trinajstić information content (AvgIpc) is 2.66. The third-order valence-electron chi connectivity index (χ3n) is 3.87. The summed E-state index contributed by atoms with van der Waals surface area (Å²) < 4.78 is 17.1. The Morgan fingerprint density at radius 1 is 1.24 bits per heavy atom. The van der Waals surface area contributed by atoms with Crippen LogP contribution in [-0.2, 0) is 13.3 Å². The van der Waals surface area contributed by atoms with Gasteiger partial charge >= 0.3 is 8.80 Å². The summed E-state index contributed by atoms with van der Waals surface area (Å²) in [5, 5.41) is 4.30. The molecule has 1 rings (SSSR count). The van der Waals surface area contributed by atoms with Gasteiger partial charge in [-0.05, 0) is 12.6 Å². The summed E-state index contributed by atoms with van der Waals surface area (Å²) in [6, 6.07) is 1.26. The van der Waals surface area contributed by atoms with Crippen LogP contribution < -0.4 is 5.32 Å². The van der Waals surface area contributed by atoms with E-state index in [0.29, 0.717) is 5.16 Å². The van der Waals surface area contributed by atoms with Crippen LogP contribution in [0.2, 0.25) is 11.2 Å². The molecule has 4 nitrogen and oxygen atoms in total. The minimum absolute atomic E-state index is 0.235. The Hall–Kier alpha value is 0.274. The highest BCUT2D eigenvalue weighted by Crippen LogP contribution is 2.37. The molecule has 1 aliphatic rings. The van der Waals surface area contributed by atoms with Crippen LogP contribution in [-0.4, -0.2) is 50.6 Å². The van der Waals surface area contributed by atoms with Gasteiger partial charge in [0, 0.05) is 31.7 Å². The Bertz CT molecular complexity index is 239. The maximum absolute atomic E-state index is 5.69. The molecule has 0 aliphatic carbocycles. The molecule has 1 atom stereocenters. The van der Waals surface area contributed by atoms with Gasteiger partial charge in [0.25, 0.3) is 0 Å². The summed E-state index contributed by atoms with van der Waals surface area (Å²) in [6.07, 6.45) is 1.07. The molecule has 1 saturated heterocycles. The summed E-state index contributed by atoms with van der Waals surface area (Å²) >= 11 is 0. The van der Waals surface area contributed by atoms with Gasteiger partial charge in [-0.1, -0.05) is 27.2 Å². The number of hydrogen-bond donors (Lipinski definition) is 1. The normalized spacial score (nSPS) is 22.9. The van der Waals surface area contributed by atoms with Gasteiger partial charge in [0.1, 0.15) is 0 Å². The van der Waals surface area contributed by atoms with Crippen molar-refractivity contribution in [2.75, 3.05) is 27.9 Å². The van der Waals surface area contributed by atoms with E-state index in [1.807, 2.05) is 0 Å². The topological polar surface area (TPSA) is 39.7 Å². The Labute approximate surface area is 108 Å². The third-order valence-corrected chi connectivity index (χ3v) is 12.8. The van der Waals surface area contributed by atoms with Crippen molar-refractivity contribution in [2.24, 2.45) is 0 Å².